The molecule has 1 N–H and O–H groups in total. The van der Waals surface area contributed by atoms with E-state index in [-0.39, 0.29) is 17.7 Å². The predicted octanol–water partition coefficient (Wildman–Crippen LogP) is 3.09. The molecule has 1 aromatic rings. The Bertz CT molecular complexity index is 412. The number of nitrogens with zero attached hydrogens (tertiary/aromatic N) is 1. The number of aromatic hydroxyl groups is 1. The Balaban J connectivity index is 2.95. The van der Waals surface area contributed by atoms with Crippen molar-refractivity contribution in [2.75, 3.05) is 7.05 Å². The van der Waals surface area contributed by atoms with Gasteiger partial charge >= 0.3 is 0 Å². The normalized spacial score (nSPS) is 13.2. The summed E-state index contributed by atoms with van der Waals surface area (Å²) in [5.41, 5.74) is 0.750. The minimum atomic E-state index is -0.597. The molecule has 0 heterocycles. The van der Waals surface area contributed by atoms with E-state index < -0.39 is 4.32 Å². The highest BCUT2D eigenvalue weighted by atomic mass is 79.9. The van der Waals surface area contributed by atoms with Gasteiger partial charge in [0.15, 0.2) is 0 Å². The van der Waals surface area contributed by atoms with E-state index >= 15 is 0 Å². The molecule has 0 aliphatic rings. The summed E-state index contributed by atoms with van der Waals surface area (Å²) in [4.78, 5) is 13.7. The second-order valence-electron chi connectivity index (χ2n) is 4.62. The molecule has 0 fully saturated rings. The van der Waals surface area contributed by atoms with Crippen molar-refractivity contribution in [3.05, 3.63) is 29.8 Å². The molecule has 3 nitrogen and oxygen atoms in total. The zero-order chi connectivity index (χ0) is 13.2. The zero-order valence-electron chi connectivity index (χ0n) is 10.6. The van der Waals surface area contributed by atoms with Gasteiger partial charge in [0, 0.05) is 12.6 Å². The van der Waals surface area contributed by atoms with Gasteiger partial charge in [0.2, 0.25) is 5.91 Å². The highest BCUT2D eigenvalue weighted by molar-refractivity contribution is 9.10. The van der Waals surface area contributed by atoms with Gasteiger partial charge in [-0.05, 0) is 26.8 Å². The fourth-order valence-electron chi connectivity index (χ4n) is 1.64. The van der Waals surface area contributed by atoms with Gasteiger partial charge in [-0.15, -0.1) is 0 Å². The SMILES string of the molecule is CC(c1ccccc1O)N(C)C(=O)C(C)(C)Br. The van der Waals surface area contributed by atoms with Gasteiger partial charge in [0.25, 0.3) is 0 Å². The first kappa shape index (κ1) is 14.0. The third kappa shape index (κ3) is 3.22. The summed E-state index contributed by atoms with van der Waals surface area (Å²) in [6, 6.07) is 6.90. The second-order valence-corrected chi connectivity index (χ2v) is 6.61. The van der Waals surface area contributed by atoms with Crippen molar-refractivity contribution in [2.24, 2.45) is 0 Å². The van der Waals surface area contributed by atoms with Crippen LogP contribution < -0.4 is 0 Å². The van der Waals surface area contributed by atoms with Crippen LogP contribution in [0.25, 0.3) is 0 Å². The topological polar surface area (TPSA) is 40.5 Å². The summed E-state index contributed by atoms with van der Waals surface area (Å²) in [5.74, 6) is 0.195. The Labute approximate surface area is 111 Å². The molecule has 1 rings (SSSR count). The molecular weight excluding hydrogens is 282 g/mol. The summed E-state index contributed by atoms with van der Waals surface area (Å²) < 4.78 is -0.597. The molecule has 0 aliphatic heterocycles. The molecule has 17 heavy (non-hydrogen) atoms. The lowest BCUT2D eigenvalue weighted by Gasteiger charge is -2.30. The number of amides is 1. The molecule has 0 aromatic heterocycles. The molecule has 0 saturated heterocycles. The standard InChI is InChI=1S/C13H18BrNO2/c1-9(10-7-5-6-8-11(10)16)15(4)12(17)13(2,3)14/h5-9,16H,1-4H3. The first-order chi connectivity index (χ1) is 7.75. The van der Waals surface area contributed by atoms with Crippen molar-refractivity contribution in [1.29, 1.82) is 0 Å². The molecular formula is C13H18BrNO2. The second kappa shape index (κ2) is 5.08. The minimum absolute atomic E-state index is 0.0201. The lowest BCUT2D eigenvalue weighted by atomic mass is 10.0. The van der Waals surface area contributed by atoms with E-state index in [0.29, 0.717) is 0 Å². The number of benzene rings is 1. The first-order valence-corrected chi connectivity index (χ1v) is 6.28. The molecule has 0 saturated carbocycles. The van der Waals surface area contributed by atoms with Crippen LogP contribution in [-0.2, 0) is 4.79 Å². The molecule has 1 aromatic carbocycles. The summed E-state index contributed by atoms with van der Waals surface area (Å²) in [7, 11) is 1.74. The maximum atomic E-state index is 12.1. The van der Waals surface area contributed by atoms with Crippen LogP contribution in [0.3, 0.4) is 0 Å². The molecule has 1 atom stereocenters. The van der Waals surface area contributed by atoms with Crippen LogP contribution in [0.1, 0.15) is 32.4 Å². The number of carbonyl (C=O) groups is 1. The maximum absolute atomic E-state index is 12.1. The van der Waals surface area contributed by atoms with Crippen molar-refractivity contribution >= 4 is 21.8 Å². The van der Waals surface area contributed by atoms with Crippen LogP contribution in [0.2, 0.25) is 0 Å². The number of alkyl halides is 1. The number of carbonyl (C=O) groups excluding carboxylic acids is 1. The monoisotopic (exact) mass is 299 g/mol. The molecule has 94 valence electrons. The third-order valence-electron chi connectivity index (χ3n) is 2.80. The summed E-state index contributed by atoms with van der Waals surface area (Å²) in [5, 5.41) is 9.76. The van der Waals surface area contributed by atoms with Gasteiger partial charge in [-0.3, -0.25) is 4.79 Å². The average Bonchev–Trinajstić information content (AvgIpc) is 2.25. The average molecular weight is 300 g/mol. The fourth-order valence-corrected chi connectivity index (χ4v) is 1.92. The van der Waals surface area contributed by atoms with Crippen LogP contribution >= 0.6 is 15.9 Å². The molecule has 1 amide bonds. The van der Waals surface area contributed by atoms with Gasteiger partial charge in [-0.25, -0.2) is 0 Å². The van der Waals surface area contributed by atoms with Gasteiger partial charge < -0.3 is 10.0 Å². The summed E-state index contributed by atoms with van der Waals surface area (Å²) in [6.07, 6.45) is 0. The first-order valence-electron chi connectivity index (χ1n) is 5.49. The molecule has 0 radical (unpaired) electrons. The quantitative estimate of drug-likeness (QED) is 0.872. The Morgan fingerprint density at radius 2 is 1.94 bits per heavy atom. The highest BCUT2D eigenvalue weighted by Gasteiger charge is 2.30. The van der Waals surface area contributed by atoms with Gasteiger partial charge in [-0.2, -0.15) is 0 Å². The lowest BCUT2D eigenvalue weighted by molar-refractivity contribution is -0.133. The largest absolute Gasteiger partial charge is 0.508 e. The minimum Gasteiger partial charge on any atom is -0.508 e. The van der Waals surface area contributed by atoms with Gasteiger partial charge in [-0.1, -0.05) is 34.1 Å². The Morgan fingerprint density at radius 1 is 1.41 bits per heavy atom. The Kier molecular flexibility index (Phi) is 4.20. The Hall–Kier alpha value is -1.03. The van der Waals surface area contributed by atoms with E-state index in [4.69, 9.17) is 0 Å². The van der Waals surface area contributed by atoms with E-state index in [1.807, 2.05) is 32.9 Å². The van der Waals surface area contributed by atoms with Crippen LogP contribution in [0.4, 0.5) is 0 Å². The van der Waals surface area contributed by atoms with E-state index in [1.165, 1.54) is 0 Å². The van der Waals surface area contributed by atoms with Crippen LogP contribution in [0.5, 0.6) is 5.75 Å². The van der Waals surface area contributed by atoms with Crippen molar-refractivity contribution in [3.8, 4) is 5.75 Å². The molecule has 0 bridgehead atoms. The summed E-state index contributed by atoms with van der Waals surface area (Å²) in [6.45, 7) is 5.51. The van der Waals surface area contributed by atoms with Crippen molar-refractivity contribution in [3.63, 3.8) is 0 Å². The maximum Gasteiger partial charge on any atom is 0.239 e. The number of rotatable bonds is 3. The van der Waals surface area contributed by atoms with Gasteiger partial charge in [0.05, 0.1) is 10.4 Å². The van der Waals surface area contributed by atoms with Gasteiger partial charge in [0.1, 0.15) is 5.75 Å². The zero-order valence-corrected chi connectivity index (χ0v) is 12.2. The number of hydrogen-bond donors (Lipinski definition) is 1. The number of para-hydroxylation sites is 1. The molecule has 1 unspecified atom stereocenters. The fraction of sp³-hybridized carbons (Fsp3) is 0.462. The highest BCUT2D eigenvalue weighted by Crippen LogP contribution is 2.30. The van der Waals surface area contributed by atoms with E-state index in [0.717, 1.165) is 5.56 Å². The molecule has 0 spiro atoms. The van der Waals surface area contributed by atoms with Crippen molar-refractivity contribution in [1.82, 2.24) is 4.90 Å². The van der Waals surface area contributed by atoms with E-state index in [1.54, 1.807) is 24.1 Å². The van der Waals surface area contributed by atoms with E-state index in [9.17, 15) is 9.90 Å². The molecule has 4 heteroatoms. The van der Waals surface area contributed by atoms with Crippen molar-refractivity contribution in [2.45, 2.75) is 31.1 Å². The van der Waals surface area contributed by atoms with Crippen molar-refractivity contribution < 1.29 is 9.90 Å². The smallest absolute Gasteiger partial charge is 0.239 e. The summed E-state index contributed by atoms with van der Waals surface area (Å²) >= 11 is 3.35. The lowest BCUT2D eigenvalue weighted by Crippen LogP contribution is -2.40. The van der Waals surface area contributed by atoms with Crippen LogP contribution in [0.15, 0.2) is 24.3 Å². The molecule has 0 aliphatic carbocycles. The number of phenolic OH excluding ortho intramolecular Hbond substituents is 1. The number of hydrogen-bond acceptors (Lipinski definition) is 2. The van der Waals surface area contributed by atoms with E-state index in [2.05, 4.69) is 15.9 Å². The third-order valence-corrected chi connectivity index (χ3v) is 3.14. The van der Waals surface area contributed by atoms with Crippen LogP contribution in [0, 0.1) is 0 Å². The predicted molar refractivity (Wildman–Crippen MR) is 72.3 cm³/mol. The van der Waals surface area contributed by atoms with Crippen LogP contribution in [-0.4, -0.2) is 27.3 Å². The number of halogens is 1. The Morgan fingerprint density at radius 3 is 2.41 bits per heavy atom. The number of phenols is 1.